The molecule has 8 heteroatoms. The summed E-state index contributed by atoms with van der Waals surface area (Å²) in [7, 11) is 0. The molecule has 1 atom stereocenters. The number of hydrogen-bond donors (Lipinski definition) is 1. The van der Waals surface area contributed by atoms with Gasteiger partial charge in [0.05, 0.1) is 11.3 Å². The Morgan fingerprint density at radius 3 is 2.53 bits per heavy atom. The lowest BCUT2D eigenvalue weighted by atomic mass is 10.1. The Morgan fingerprint density at radius 1 is 0.969 bits per heavy atom. The van der Waals surface area contributed by atoms with E-state index in [1.165, 1.54) is 11.0 Å². The van der Waals surface area contributed by atoms with E-state index in [2.05, 4.69) is 20.8 Å². The van der Waals surface area contributed by atoms with Crippen LogP contribution in [0.15, 0.2) is 79.1 Å². The van der Waals surface area contributed by atoms with E-state index in [4.69, 9.17) is 4.74 Å². The van der Waals surface area contributed by atoms with Gasteiger partial charge >= 0.3 is 5.97 Å². The molecule has 32 heavy (non-hydrogen) atoms. The van der Waals surface area contributed by atoms with Crippen molar-refractivity contribution in [3.63, 3.8) is 0 Å². The molecule has 0 spiro atoms. The fourth-order valence-corrected chi connectivity index (χ4v) is 3.20. The van der Waals surface area contributed by atoms with Gasteiger partial charge in [-0.15, -0.1) is 5.10 Å². The number of tetrazole rings is 1. The van der Waals surface area contributed by atoms with Gasteiger partial charge in [0.15, 0.2) is 0 Å². The maximum absolute atomic E-state index is 13.2. The second-order valence-electron chi connectivity index (χ2n) is 7.31. The van der Waals surface area contributed by atoms with Gasteiger partial charge in [-0.05, 0) is 59.7 Å². The zero-order valence-electron chi connectivity index (χ0n) is 17.6. The zero-order chi connectivity index (χ0) is 22.5. The molecule has 4 rings (SSSR count). The molecule has 0 saturated carbocycles. The van der Waals surface area contributed by atoms with Crippen LogP contribution in [0.2, 0.25) is 0 Å². The average molecular weight is 427 g/mol. The van der Waals surface area contributed by atoms with Crippen LogP contribution in [0, 0.1) is 13.8 Å². The topological polar surface area (TPSA) is 99.0 Å². The number of rotatable bonds is 6. The average Bonchev–Trinajstić information content (AvgIpc) is 3.35. The number of esters is 1. The second kappa shape index (κ2) is 9.22. The number of benzene rings is 3. The number of ether oxygens (including phenoxy) is 1. The number of aryl methyl sites for hydroxylation is 2. The van der Waals surface area contributed by atoms with Gasteiger partial charge in [0, 0.05) is 11.3 Å². The van der Waals surface area contributed by atoms with E-state index in [1.54, 1.807) is 48.5 Å². The predicted octanol–water partition coefficient (Wildman–Crippen LogP) is 3.82. The summed E-state index contributed by atoms with van der Waals surface area (Å²) in [6, 6.07) is 21.4. The molecule has 0 fully saturated rings. The minimum atomic E-state index is -1.12. The third-order valence-corrected chi connectivity index (χ3v) is 4.91. The van der Waals surface area contributed by atoms with E-state index in [0.29, 0.717) is 16.9 Å². The number of amides is 1. The number of nitrogens with zero attached hydrogens (tertiary/aromatic N) is 4. The van der Waals surface area contributed by atoms with Crippen LogP contribution in [-0.4, -0.2) is 32.1 Å². The van der Waals surface area contributed by atoms with Gasteiger partial charge in [-0.2, -0.15) is 0 Å². The van der Waals surface area contributed by atoms with Gasteiger partial charge in [0.1, 0.15) is 6.33 Å². The van der Waals surface area contributed by atoms with Crippen molar-refractivity contribution in [2.24, 2.45) is 0 Å². The number of hydrogen-bond acceptors (Lipinski definition) is 6. The Bertz CT molecular complexity index is 1240. The van der Waals surface area contributed by atoms with Crippen molar-refractivity contribution in [1.29, 1.82) is 0 Å². The largest absolute Gasteiger partial charge is 0.444 e. The third kappa shape index (κ3) is 4.70. The van der Waals surface area contributed by atoms with Crippen molar-refractivity contribution in [3.05, 3.63) is 101 Å². The van der Waals surface area contributed by atoms with E-state index in [9.17, 15) is 9.59 Å². The lowest BCUT2D eigenvalue weighted by Gasteiger charge is -2.19. The molecule has 0 saturated heterocycles. The number of nitrogens with one attached hydrogen (secondary N) is 1. The Balaban J connectivity index is 1.60. The summed E-state index contributed by atoms with van der Waals surface area (Å²) < 4.78 is 7.12. The highest BCUT2D eigenvalue weighted by Crippen LogP contribution is 2.24. The van der Waals surface area contributed by atoms with Crippen LogP contribution in [0.1, 0.15) is 33.2 Å². The van der Waals surface area contributed by atoms with Crippen LogP contribution in [0.5, 0.6) is 0 Å². The summed E-state index contributed by atoms with van der Waals surface area (Å²) in [4.78, 5) is 26.1. The van der Waals surface area contributed by atoms with Crippen molar-refractivity contribution in [3.8, 4) is 5.69 Å². The molecular weight excluding hydrogens is 406 g/mol. The van der Waals surface area contributed by atoms with E-state index < -0.39 is 18.0 Å². The predicted molar refractivity (Wildman–Crippen MR) is 118 cm³/mol. The molecule has 0 radical (unpaired) electrons. The molecule has 0 bridgehead atoms. The maximum atomic E-state index is 13.2. The van der Waals surface area contributed by atoms with Gasteiger partial charge in [-0.25, -0.2) is 9.48 Å². The van der Waals surface area contributed by atoms with Crippen molar-refractivity contribution >= 4 is 17.6 Å². The van der Waals surface area contributed by atoms with Gasteiger partial charge in [0.2, 0.25) is 6.10 Å². The number of carbonyl (C=O) groups excluding carboxylic acids is 2. The molecule has 0 unspecified atom stereocenters. The smallest absolute Gasteiger partial charge is 0.339 e. The van der Waals surface area contributed by atoms with Gasteiger partial charge in [-0.1, -0.05) is 48.5 Å². The Labute approximate surface area is 184 Å². The molecule has 160 valence electrons. The summed E-state index contributed by atoms with van der Waals surface area (Å²) in [5.74, 6) is -1.07. The van der Waals surface area contributed by atoms with Crippen LogP contribution >= 0.6 is 0 Å². The van der Waals surface area contributed by atoms with Gasteiger partial charge in [0.25, 0.3) is 5.91 Å². The van der Waals surface area contributed by atoms with Crippen LogP contribution in [0.3, 0.4) is 0 Å². The van der Waals surface area contributed by atoms with E-state index in [-0.39, 0.29) is 5.56 Å². The van der Waals surface area contributed by atoms with Crippen LogP contribution in [-0.2, 0) is 9.53 Å². The van der Waals surface area contributed by atoms with Crippen molar-refractivity contribution in [2.45, 2.75) is 20.0 Å². The molecule has 3 aromatic carbocycles. The van der Waals surface area contributed by atoms with Crippen molar-refractivity contribution < 1.29 is 14.3 Å². The Kier molecular flexibility index (Phi) is 6.03. The van der Waals surface area contributed by atoms with E-state index in [1.807, 2.05) is 38.1 Å². The first-order valence-electron chi connectivity index (χ1n) is 9.99. The lowest BCUT2D eigenvalue weighted by Crippen LogP contribution is -2.26. The molecule has 1 amide bonds. The number of aromatic nitrogens is 4. The minimum absolute atomic E-state index is 0.276. The number of anilines is 1. The van der Waals surface area contributed by atoms with Gasteiger partial charge < -0.3 is 10.1 Å². The minimum Gasteiger partial charge on any atom is -0.444 e. The third-order valence-electron chi connectivity index (χ3n) is 4.91. The molecule has 1 heterocycles. The first-order chi connectivity index (χ1) is 15.5. The normalized spacial score (nSPS) is 11.6. The van der Waals surface area contributed by atoms with Crippen molar-refractivity contribution in [1.82, 2.24) is 20.2 Å². The maximum Gasteiger partial charge on any atom is 0.339 e. The van der Waals surface area contributed by atoms with Crippen LogP contribution in [0.4, 0.5) is 5.69 Å². The molecular formula is C24H21N5O3. The van der Waals surface area contributed by atoms with Crippen LogP contribution in [0.25, 0.3) is 5.69 Å². The van der Waals surface area contributed by atoms with Gasteiger partial charge in [-0.3, -0.25) is 4.79 Å². The van der Waals surface area contributed by atoms with Crippen molar-refractivity contribution in [2.75, 3.05) is 5.32 Å². The fraction of sp³-hybridized carbons (Fsp3) is 0.125. The molecule has 1 aromatic heterocycles. The highest BCUT2D eigenvalue weighted by molar-refractivity contribution is 5.98. The summed E-state index contributed by atoms with van der Waals surface area (Å²) >= 11 is 0. The monoisotopic (exact) mass is 427 g/mol. The first kappa shape index (κ1) is 20.9. The second-order valence-corrected chi connectivity index (χ2v) is 7.31. The molecule has 4 aromatic rings. The SMILES string of the molecule is Cc1ccc(C)c(NC(=O)[C@H](OC(=O)c2cccc(-n3cnnn3)c2)c2ccccc2)c1. The molecule has 0 aliphatic heterocycles. The fourth-order valence-electron chi connectivity index (χ4n) is 3.20. The van der Waals surface area contributed by atoms with E-state index >= 15 is 0 Å². The Morgan fingerprint density at radius 2 is 1.78 bits per heavy atom. The van der Waals surface area contributed by atoms with Crippen LogP contribution < -0.4 is 5.32 Å². The molecule has 1 N–H and O–H groups in total. The first-order valence-corrected chi connectivity index (χ1v) is 9.99. The lowest BCUT2D eigenvalue weighted by molar-refractivity contribution is -0.125. The molecule has 0 aliphatic carbocycles. The molecule has 0 aliphatic rings. The van der Waals surface area contributed by atoms with E-state index in [0.717, 1.165) is 11.1 Å². The summed E-state index contributed by atoms with van der Waals surface area (Å²) in [5.41, 5.74) is 4.04. The molecule has 8 nitrogen and oxygen atoms in total. The Hall–Kier alpha value is -4.33. The zero-order valence-corrected chi connectivity index (χ0v) is 17.6. The quantitative estimate of drug-likeness (QED) is 0.470. The highest BCUT2D eigenvalue weighted by atomic mass is 16.5. The summed E-state index contributed by atoms with van der Waals surface area (Å²) in [6.07, 6.45) is 0.301. The number of carbonyl (C=O) groups is 2. The summed E-state index contributed by atoms with van der Waals surface area (Å²) in [5, 5.41) is 13.9. The summed E-state index contributed by atoms with van der Waals surface area (Å²) in [6.45, 7) is 3.85. The highest BCUT2D eigenvalue weighted by Gasteiger charge is 2.26. The standard InChI is InChI=1S/C24H21N5O3/c1-16-11-12-17(2)21(13-16)26-23(30)22(18-7-4-3-5-8-18)32-24(31)19-9-6-10-20(14-19)29-15-25-27-28-29/h3-15,22H,1-2H3,(H,26,30)/t22-/m1/s1.